The summed E-state index contributed by atoms with van der Waals surface area (Å²) in [4.78, 5) is 17.6. The van der Waals surface area contributed by atoms with Crippen molar-refractivity contribution in [2.45, 2.75) is 25.7 Å². The molecule has 0 bridgehead atoms. The second-order valence-corrected chi connectivity index (χ2v) is 4.23. The van der Waals surface area contributed by atoms with Crippen LogP contribution < -0.4 is 0 Å². The fourth-order valence-corrected chi connectivity index (χ4v) is 2.00. The topological polar surface area (TPSA) is 46.3 Å². The van der Waals surface area contributed by atoms with Crippen molar-refractivity contribution < 1.29 is 9.21 Å². The Balaban J connectivity index is 2.11. The molecule has 0 radical (unpaired) electrons. The average molecular weight is 208 g/mol. The number of aromatic nitrogens is 1. The van der Waals surface area contributed by atoms with E-state index in [1.165, 1.54) is 19.6 Å². The molecule has 1 fully saturated rings. The molecule has 1 unspecified atom stereocenters. The standard InChI is InChI=1S/C11H16N2O2/c1-8(14)10-7-15-11(12-10)9-4-3-5-13(2)6-9/h7,9H,3-6H2,1-2H3. The minimum absolute atomic E-state index is 0.0332. The van der Waals surface area contributed by atoms with Crippen LogP contribution in [0.2, 0.25) is 0 Å². The van der Waals surface area contributed by atoms with Crippen molar-refractivity contribution in [3.63, 3.8) is 0 Å². The summed E-state index contributed by atoms with van der Waals surface area (Å²) in [6.07, 6.45) is 3.73. The monoisotopic (exact) mass is 208 g/mol. The number of carbonyl (C=O) groups is 1. The minimum atomic E-state index is -0.0332. The lowest BCUT2D eigenvalue weighted by atomic mass is 9.98. The third-order valence-electron chi connectivity index (χ3n) is 2.86. The quantitative estimate of drug-likeness (QED) is 0.694. The predicted octanol–water partition coefficient (Wildman–Crippen LogP) is 1.69. The molecule has 4 heteroatoms. The van der Waals surface area contributed by atoms with Crippen LogP contribution in [-0.4, -0.2) is 35.8 Å². The Hall–Kier alpha value is -1.16. The first kappa shape index (κ1) is 10.4. The molecule has 0 spiro atoms. The molecule has 2 rings (SSSR count). The van der Waals surface area contributed by atoms with Crippen LogP contribution in [0, 0.1) is 0 Å². The molecule has 1 aliphatic heterocycles. The first-order valence-corrected chi connectivity index (χ1v) is 5.31. The van der Waals surface area contributed by atoms with Crippen molar-refractivity contribution in [1.29, 1.82) is 0 Å². The average Bonchev–Trinajstić information content (AvgIpc) is 2.66. The van der Waals surface area contributed by atoms with Crippen molar-refractivity contribution in [1.82, 2.24) is 9.88 Å². The van der Waals surface area contributed by atoms with Crippen molar-refractivity contribution >= 4 is 5.78 Å². The van der Waals surface area contributed by atoms with Crippen LogP contribution in [0.3, 0.4) is 0 Å². The first-order valence-electron chi connectivity index (χ1n) is 5.31. The van der Waals surface area contributed by atoms with Gasteiger partial charge in [0, 0.05) is 19.4 Å². The summed E-state index contributed by atoms with van der Waals surface area (Å²) < 4.78 is 5.36. The van der Waals surface area contributed by atoms with Gasteiger partial charge in [0.2, 0.25) is 0 Å². The summed E-state index contributed by atoms with van der Waals surface area (Å²) >= 11 is 0. The van der Waals surface area contributed by atoms with Gasteiger partial charge in [-0.1, -0.05) is 0 Å². The number of oxazole rings is 1. The lowest BCUT2D eigenvalue weighted by molar-refractivity contribution is 0.101. The lowest BCUT2D eigenvalue weighted by Gasteiger charge is -2.27. The van der Waals surface area contributed by atoms with Crippen molar-refractivity contribution in [3.8, 4) is 0 Å². The summed E-state index contributed by atoms with van der Waals surface area (Å²) in [5.41, 5.74) is 0.443. The van der Waals surface area contributed by atoms with E-state index in [-0.39, 0.29) is 5.78 Å². The lowest BCUT2D eigenvalue weighted by Crippen LogP contribution is -2.30. The zero-order valence-electron chi connectivity index (χ0n) is 9.19. The zero-order chi connectivity index (χ0) is 10.8. The maximum atomic E-state index is 11.1. The van der Waals surface area contributed by atoms with E-state index in [4.69, 9.17) is 4.42 Å². The van der Waals surface area contributed by atoms with Gasteiger partial charge < -0.3 is 9.32 Å². The van der Waals surface area contributed by atoms with Gasteiger partial charge in [0.05, 0.1) is 0 Å². The molecule has 1 aromatic heterocycles. The van der Waals surface area contributed by atoms with Crippen molar-refractivity contribution in [2.75, 3.05) is 20.1 Å². The molecule has 1 aliphatic rings. The van der Waals surface area contributed by atoms with E-state index >= 15 is 0 Å². The van der Waals surface area contributed by atoms with E-state index in [1.807, 2.05) is 0 Å². The highest BCUT2D eigenvalue weighted by atomic mass is 16.3. The molecule has 0 saturated carbocycles. The van der Waals surface area contributed by atoms with Gasteiger partial charge in [-0.05, 0) is 26.4 Å². The summed E-state index contributed by atoms with van der Waals surface area (Å²) in [6.45, 7) is 3.61. The van der Waals surface area contributed by atoms with Crippen molar-refractivity contribution in [2.24, 2.45) is 0 Å². The van der Waals surface area contributed by atoms with E-state index in [9.17, 15) is 4.79 Å². The maximum Gasteiger partial charge on any atom is 0.199 e. The SMILES string of the molecule is CC(=O)c1coc(C2CCCN(C)C2)n1. The number of piperidine rings is 1. The molecular weight excluding hydrogens is 192 g/mol. The van der Waals surface area contributed by atoms with Crippen LogP contribution in [-0.2, 0) is 0 Å². The summed E-state index contributed by atoms with van der Waals surface area (Å²) in [6, 6.07) is 0. The number of likely N-dealkylation sites (tertiary alicyclic amines) is 1. The number of hydrogen-bond acceptors (Lipinski definition) is 4. The fraction of sp³-hybridized carbons (Fsp3) is 0.636. The number of likely N-dealkylation sites (N-methyl/N-ethyl adjacent to an activating group) is 1. The maximum absolute atomic E-state index is 11.1. The number of hydrogen-bond donors (Lipinski definition) is 0. The van der Waals surface area contributed by atoms with Crippen LogP contribution in [0.15, 0.2) is 10.7 Å². The first-order chi connectivity index (χ1) is 7.16. The second kappa shape index (κ2) is 4.14. The second-order valence-electron chi connectivity index (χ2n) is 4.23. The molecular formula is C11H16N2O2. The summed E-state index contributed by atoms with van der Waals surface area (Å²) in [7, 11) is 2.10. The Morgan fingerprint density at radius 1 is 1.67 bits per heavy atom. The van der Waals surface area contributed by atoms with Crippen LogP contribution in [0.5, 0.6) is 0 Å². The summed E-state index contributed by atoms with van der Waals surface area (Å²) in [5.74, 6) is 1.03. The fourth-order valence-electron chi connectivity index (χ4n) is 2.00. The van der Waals surface area contributed by atoms with Gasteiger partial charge in [-0.3, -0.25) is 4.79 Å². The molecule has 0 aliphatic carbocycles. The Morgan fingerprint density at radius 3 is 3.07 bits per heavy atom. The number of carbonyl (C=O) groups excluding carboxylic acids is 1. The van der Waals surface area contributed by atoms with Gasteiger partial charge in [-0.25, -0.2) is 4.98 Å². The number of rotatable bonds is 2. The largest absolute Gasteiger partial charge is 0.448 e. The molecule has 1 saturated heterocycles. The van der Waals surface area contributed by atoms with E-state index in [0.29, 0.717) is 17.5 Å². The van der Waals surface area contributed by atoms with Crippen molar-refractivity contribution in [3.05, 3.63) is 17.8 Å². The molecule has 0 N–H and O–H groups in total. The molecule has 15 heavy (non-hydrogen) atoms. The van der Waals surface area contributed by atoms with Gasteiger partial charge in [0.25, 0.3) is 0 Å². The van der Waals surface area contributed by atoms with Gasteiger partial charge in [0.15, 0.2) is 11.7 Å². The smallest absolute Gasteiger partial charge is 0.199 e. The molecule has 0 amide bonds. The van der Waals surface area contributed by atoms with E-state index in [2.05, 4.69) is 16.9 Å². The highest BCUT2D eigenvalue weighted by Crippen LogP contribution is 2.25. The zero-order valence-corrected chi connectivity index (χ0v) is 9.19. The number of ketones is 1. The predicted molar refractivity (Wildman–Crippen MR) is 56.0 cm³/mol. The Morgan fingerprint density at radius 2 is 2.47 bits per heavy atom. The Labute approximate surface area is 89.3 Å². The minimum Gasteiger partial charge on any atom is -0.448 e. The third kappa shape index (κ3) is 2.26. The molecule has 1 aromatic rings. The number of nitrogens with zero attached hydrogens (tertiary/aromatic N) is 2. The highest BCUT2D eigenvalue weighted by Gasteiger charge is 2.23. The summed E-state index contributed by atoms with van der Waals surface area (Å²) in [5, 5.41) is 0. The molecule has 1 atom stereocenters. The van der Waals surface area contributed by atoms with Crippen LogP contribution in [0.25, 0.3) is 0 Å². The van der Waals surface area contributed by atoms with Crippen LogP contribution >= 0.6 is 0 Å². The van der Waals surface area contributed by atoms with Gasteiger partial charge in [-0.15, -0.1) is 0 Å². The van der Waals surface area contributed by atoms with Gasteiger partial charge in [0.1, 0.15) is 12.0 Å². The van der Waals surface area contributed by atoms with E-state index in [1.54, 1.807) is 0 Å². The van der Waals surface area contributed by atoms with E-state index in [0.717, 1.165) is 19.5 Å². The molecule has 0 aromatic carbocycles. The third-order valence-corrected chi connectivity index (χ3v) is 2.86. The number of Topliss-reactive ketones (excluding diaryl/α,β-unsaturated/α-hetero) is 1. The highest BCUT2D eigenvalue weighted by molar-refractivity contribution is 5.91. The van der Waals surface area contributed by atoms with Gasteiger partial charge in [-0.2, -0.15) is 0 Å². The normalized spacial score (nSPS) is 22.9. The van der Waals surface area contributed by atoms with Gasteiger partial charge >= 0.3 is 0 Å². The van der Waals surface area contributed by atoms with Crippen LogP contribution in [0.1, 0.15) is 42.1 Å². The molecule has 82 valence electrons. The molecule has 4 nitrogen and oxygen atoms in total. The van der Waals surface area contributed by atoms with E-state index < -0.39 is 0 Å². The molecule has 2 heterocycles. The Kier molecular flexibility index (Phi) is 2.86. The van der Waals surface area contributed by atoms with Crippen LogP contribution in [0.4, 0.5) is 0 Å². The Bertz CT molecular complexity index is 359.